The van der Waals surface area contributed by atoms with Crippen molar-refractivity contribution in [1.29, 1.82) is 0 Å². The standard InChI is InChI=1S/C10H15N3O5/c1-10(4-14)5-17-9(18-6-10)8-7(13(15)16)3-11-12(8)2/h3,9,14H,4-6H2,1-2H3/t9-,10-. The van der Waals surface area contributed by atoms with Crippen molar-refractivity contribution in [2.24, 2.45) is 12.5 Å². The van der Waals surface area contributed by atoms with Gasteiger partial charge in [-0.15, -0.1) is 0 Å². The number of aromatic nitrogens is 2. The van der Waals surface area contributed by atoms with E-state index in [0.29, 0.717) is 0 Å². The van der Waals surface area contributed by atoms with E-state index in [2.05, 4.69) is 5.10 Å². The molecule has 1 aliphatic rings. The molecule has 8 heteroatoms. The Morgan fingerprint density at radius 2 is 2.28 bits per heavy atom. The van der Waals surface area contributed by atoms with Crippen LogP contribution in [-0.4, -0.2) is 39.6 Å². The van der Waals surface area contributed by atoms with Crippen molar-refractivity contribution in [2.75, 3.05) is 19.8 Å². The van der Waals surface area contributed by atoms with Gasteiger partial charge in [0.2, 0.25) is 6.29 Å². The van der Waals surface area contributed by atoms with Gasteiger partial charge in [0.25, 0.3) is 0 Å². The Hall–Kier alpha value is -1.51. The number of nitrogens with zero attached hydrogens (tertiary/aromatic N) is 3. The summed E-state index contributed by atoms with van der Waals surface area (Å²) in [6, 6.07) is 0. The van der Waals surface area contributed by atoms with Gasteiger partial charge < -0.3 is 14.6 Å². The summed E-state index contributed by atoms with van der Waals surface area (Å²) >= 11 is 0. The minimum atomic E-state index is -0.822. The average molecular weight is 257 g/mol. The summed E-state index contributed by atoms with van der Waals surface area (Å²) in [5, 5.41) is 23.9. The summed E-state index contributed by atoms with van der Waals surface area (Å²) in [4.78, 5) is 10.3. The first-order valence-electron chi connectivity index (χ1n) is 5.47. The van der Waals surface area contributed by atoms with Gasteiger partial charge in [-0.25, -0.2) is 0 Å². The van der Waals surface area contributed by atoms with Gasteiger partial charge in [0.15, 0.2) is 5.69 Å². The fourth-order valence-corrected chi connectivity index (χ4v) is 1.74. The highest BCUT2D eigenvalue weighted by Crippen LogP contribution is 2.34. The van der Waals surface area contributed by atoms with Gasteiger partial charge in [-0.3, -0.25) is 14.8 Å². The summed E-state index contributed by atoms with van der Waals surface area (Å²) in [6.07, 6.45) is 0.347. The number of ether oxygens (including phenoxy) is 2. The van der Waals surface area contributed by atoms with Crippen LogP contribution in [0.5, 0.6) is 0 Å². The highest BCUT2D eigenvalue weighted by Gasteiger charge is 2.37. The molecule has 1 aromatic rings. The maximum atomic E-state index is 10.9. The van der Waals surface area contributed by atoms with Gasteiger partial charge in [-0.1, -0.05) is 6.92 Å². The van der Waals surface area contributed by atoms with Crippen LogP contribution in [0.2, 0.25) is 0 Å². The van der Waals surface area contributed by atoms with E-state index in [-0.39, 0.29) is 31.2 Å². The molecule has 1 aromatic heterocycles. The van der Waals surface area contributed by atoms with Gasteiger partial charge in [0.1, 0.15) is 6.20 Å². The van der Waals surface area contributed by atoms with Gasteiger partial charge >= 0.3 is 5.69 Å². The van der Waals surface area contributed by atoms with E-state index in [1.54, 1.807) is 7.05 Å². The van der Waals surface area contributed by atoms with Gasteiger partial charge in [-0.2, -0.15) is 5.10 Å². The Morgan fingerprint density at radius 1 is 1.67 bits per heavy atom. The zero-order valence-corrected chi connectivity index (χ0v) is 10.2. The molecular formula is C10H15N3O5. The molecule has 8 nitrogen and oxygen atoms in total. The second kappa shape index (κ2) is 4.63. The predicted molar refractivity (Wildman–Crippen MR) is 59.7 cm³/mol. The summed E-state index contributed by atoms with van der Waals surface area (Å²) < 4.78 is 12.3. The summed E-state index contributed by atoms with van der Waals surface area (Å²) in [7, 11) is 1.59. The molecule has 1 aliphatic heterocycles. The molecule has 0 aliphatic carbocycles. The molecule has 0 bridgehead atoms. The van der Waals surface area contributed by atoms with Crippen LogP contribution in [0.4, 0.5) is 5.69 Å². The fourth-order valence-electron chi connectivity index (χ4n) is 1.74. The Kier molecular flexibility index (Phi) is 3.33. The lowest BCUT2D eigenvalue weighted by Gasteiger charge is -2.35. The third-order valence-electron chi connectivity index (χ3n) is 2.93. The lowest BCUT2D eigenvalue weighted by Crippen LogP contribution is -2.39. The monoisotopic (exact) mass is 257 g/mol. The smallest absolute Gasteiger partial charge is 0.315 e. The van der Waals surface area contributed by atoms with Crippen molar-refractivity contribution in [3.05, 3.63) is 22.0 Å². The SMILES string of the molecule is Cn1ncc([N+](=O)[O-])c1[C@H]1OC[C@](C)(CO)CO1. The second-order valence-corrected chi connectivity index (χ2v) is 4.72. The molecule has 18 heavy (non-hydrogen) atoms. The van der Waals surface area contributed by atoms with E-state index in [1.165, 1.54) is 10.9 Å². The van der Waals surface area contributed by atoms with Gasteiger partial charge in [-0.05, 0) is 0 Å². The van der Waals surface area contributed by atoms with E-state index < -0.39 is 16.6 Å². The zero-order chi connectivity index (χ0) is 13.3. The molecule has 1 saturated heterocycles. The molecule has 0 aromatic carbocycles. The van der Waals surface area contributed by atoms with E-state index in [4.69, 9.17) is 9.47 Å². The fraction of sp³-hybridized carbons (Fsp3) is 0.700. The third kappa shape index (κ3) is 2.22. The number of nitro groups is 1. The Balaban J connectivity index is 2.19. The van der Waals surface area contributed by atoms with Crippen molar-refractivity contribution in [3.63, 3.8) is 0 Å². The summed E-state index contributed by atoms with van der Waals surface area (Å²) in [5.41, 5.74) is -0.320. The van der Waals surface area contributed by atoms with Crippen LogP contribution in [0.15, 0.2) is 6.20 Å². The summed E-state index contributed by atoms with van der Waals surface area (Å²) in [5.74, 6) is 0. The number of aliphatic hydroxyl groups is 1. The van der Waals surface area contributed by atoms with E-state index >= 15 is 0 Å². The molecule has 0 spiro atoms. The third-order valence-corrected chi connectivity index (χ3v) is 2.93. The Labute approximate surface area is 103 Å². The molecule has 0 saturated carbocycles. The van der Waals surface area contributed by atoms with Crippen LogP contribution in [0, 0.1) is 15.5 Å². The van der Waals surface area contributed by atoms with E-state index in [0.717, 1.165) is 0 Å². The van der Waals surface area contributed by atoms with Crippen molar-refractivity contribution >= 4 is 5.69 Å². The first kappa shape index (κ1) is 12.9. The largest absolute Gasteiger partial charge is 0.396 e. The molecule has 100 valence electrons. The van der Waals surface area contributed by atoms with Crippen LogP contribution in [-0.2, 0) is 16.5 Å². The lowest BCUT2D eigenvalue weighted by molar-refractivity contribution is -0.388. The number of rotatable bonds is 3. The van der Waals surface area contributed by atoms with Crippen LogP contribution in [0.1, 0.15) is 18.9 Å². The normalized spacial score (nSPS) is 28.3. The lowest BCUT2D eigenvalue weighted by atomic mass is 9.93. The molecular weight excluding hydrogens is 242 g/mol. The Morgan fingerprint density at radius 3 is 2.78 bits per heavy atom. The van der Waals surface area contributed by atoms with Crippen molar-refractivity contribution in [1.82, 2.24) is 9.78 Å². The number of aliphatic hydroxyl groups excluding tert-OH is 1. The van der Waals surface area contributed by atoms with Crippen LogP contribution < -0.4 is 0 Å². The van der Waals surface area contributed by atoms with Crippen LogP contribution in [0.25, 0.3) is 0 Å². The predicted octanol–water partition coefficient (Wildman–Crippen LogP) is 0.372. The average Bonchev–Trinajstić information content (AvgIpc) is 2.73. The molecule has 2 heterocycles. The number of hydrogen-bond acceptors (Lipinski definition) is 6. The Bertz CT molecular complexity index is 450. The van der Waals surface area contributed by atoms with Gasteiger partial charge in [0, 0.05) is 12.5 Å². The van der Waals surface area contributed by atoms with Crippen LogP contribution in [0.3, 0.4) is 0 Å². The minimum Gasteiger partial charge on any atom is -0.396 e. The molecule has 1 fully saturated rings. The summed E-state index contributed by atoms with van der Waals surface area (Å²) in [6.45, 7) is 2.31. The quantitative estimate of drug-likeness (QED) is 0.620. The molecule has 2 rings (SSSR count). The number of hydrogen-bond donors (Lipinski definition) is 1. The molecule has 0 unspecified atom stereocenters. The molecule has 0 atom stereocenters. The highest BCUT2D eigenvalue weighted by atomic mass is 16.7. The highest BCUT2D eigenvalue weighted by molar-refractivity contribution is 5.34. The van der Waals surface area contributed by atoms with Crippen molar-refractivity contribution in [3.8, 4) is 0 Å². The molecule has 1 N–H and O–H groups in total. The first-order valence-corrected chi connectivity index (χ1v) is 5.47. The van der Waals surface area contributed by atoms with Crippen LogP contribution >= 0.6 is 0 Å². The maximum Gasteiger partial charge on any atom is 0.315 e. The maximum absolute atomic E-state index is 10.9. The molecule has 0 radical (unpaired) electrons. The topological polar surface area (TPSA) is 99.7 Å². The second-order valence-electron chi connectivity index (χ2n) is 4.72. The van der Waals surface area contributed by atoms with Gasteiger partial charge in [0.05, 0.1) is 24.7 Å². The minimum absolute atomic E-state index is 0.0623. The van der Waals surface area contributed by atoms with E-state index in [1.807, 2.05) is 6.92 Å². The zero-order valence-electron chi connectivity index (χ0n) is 10.2. The van der Waals surface area contributed by atoms with E-state index in [9.17, 15) is 15.2 Å². The first-order chi connectivity index (χ1) is 8.47. The van der Waals surface area contributed by atoms with Crippen molar-refractivity contribution < 1.29 is 19.5 Å². The molecule has 0 amide bonds. The number of aryl methyl sites for hydroxylation is 1. The van der Waals surface area contributed by atoms with Crippen molar-refractivity contribution in [2.45, 2.75) is 13.2 Å².